The van der Waals surface area contributed by atoms with E-state index in [0.29, 0.717) is 18.4 Å². The van der Waals surface area contributed by atoms with E-state index in [4.69, 9.17) is 9.47 Å². The first-order valence-corrected chi connectivity index (χ1v) is 8.84. The summed E-state index contributed by atoms with van der Waals surface area (Å²) in [6.07, 6.45) is 4.20. The highest BCUT2D eigenvalue weighted by atomic mass is 16.5. The molecule has 126 valence electrons. The van der Waals surface area contributed by atoms with Crippen molar-refractivity contribution in [3.05, 3.63) is 35.9 Å². The smallest absolute Gasteiger partial charge is 0.174 e. The summed E-state index contributed by atoms with van der Waals surface area (Å²) in [5.41, 5.74) is 2.41. The minimum absolute atomic E-state index is 0.192. The van der Waals surface area contributed by atoms with Crippen molar-refractivity contribution < 1.29 is 14.3 Å². The van der Waals surface area contributed by atoms with Crippen LogP contribution in [0.1, 0.15) is 24.0 Å². The largest absolute Gasteiger partial charge is 0.493 e. The number of ether oxygens (including phenoxy) is 2. The molecule has 1 spiro atoms. The standard InChI is InChI=1S/C20H23NO3/c1-4-11-10-14(22)19-20-7-8-21(2)13(16(11)20)9-12-5-6-15(23-3)18(24-19)17(12)20/h4-6,11,13,16,19H,1,7-10H2,2-3H3/t11-,13?,16?,19-,20?/m0/s1. The molecule has 5 atom stereocenters. The third kappa shape index (κ3) is 1.47. The number of piperidine rings is 1. The maximum atomic E-state index is 12.9. The van der Waals surface area contributed by atoms with E-state index in [2.05, 4.69) is 24.6 Å². The fraction of sp³-hybridized carbons (Fsp3) is 0.550. The molecule has 4 heteroatoms. The molecule has 1 aromatic rings. The van der Waals surface area contributed by atoms with Crippen molar-refractivity contribution in [2.24, 2.45) is 11.8 Å². The Kier molecular flexibility index (Phi) is 2.80. The van der Waals surface area contributed by atoms with Crippen LogP contribution in [-0.2, 0) is 16.6 Å². The van der Waals surface area contributed by atoms with Crippen molar-refractivity contribution >= 4 is 5.78 Å². The highest BCUT2D eigenvalue weighted by Crippen LogP contribution is 2.64. The fourth-order valence-electron chi connectivity index (χ4n) is 6.05. The van der Waals surface area contributed by atoms with E-state index in [-0.39, 0.29) is 23.2 Å². The van der Waals surface area contributed by atoms with Gasteiger partial charge in [0.1, 0.15) is 0 Å². The molecule has 0 radical (unpaired) electrons. The summed E-state index contributed by atoms with van der Waals surface area (Å²) in [7, 11) is 3.89. The second-order valence-electron chi connectivity index (χ2n) is 7.77. The Bertz CT molecular complexity index is 757. The highest BCUT2D eigenvalue weighted by molar-refractivity contribution is 5.89. The molecule has 2 heterocycles. The number of Topliss-reactive ketones (excluding diaryl/α,β-unsaturated/α-hetero) is 1. The van der Waals surface area contributed by atoms with Gasteiger partial charge in [-0.05, 0) is 49.9 Å². The lowest BCUT2D eigenvalue weighted by atomic mass is 9.49. The van der Waals surface area contributed by atoms with Gasteiger partial charge in [-0.2, -0.15) is 0 Å². The quantitative estimate of drug-likeness (QED) is 0.783. The van der Waals surface area contributed by atoms with Crippen LogP contribution in [0.15, 0.2) is 24.8 Å². The number of rotatable bonds is 2. The molecule has 5 rings (SSSR count). The van der Waals surface area contributed by atoms with Gasteiger partial charge in [0.2, 0.25) is 0 Å². The number of allylic oxidation sites excluding steroid dienone is 1. The van der Waals surface area contributed by atoms with Crippen molar-refractivity contribution in [2.75, 3.05) is 20.7 Å². The van der Waals surface area contributed by atoms with Crippen LogP contribution in [0.3, 0.4) is 0 Å². The number of carbonyl (C=O) groups is 1. The summed E-state index contributed by atoms with van der Waals surface area (Å²) in [4.78, 5) is 15.4. The lowest BCUT2D eigenvalue weighted by molar-refractivity contribution is -0.141. The molecule has 3 unspecified atom stereocenters. The summed E-state index contributed by atoms with van der Waals surface area (Å²) in [6.45, 7) is 5.06. The lowest BCUT2D eigenvalue weighted by Crippen LogP contribution is -2.67. The van der Waals surface area contributed by atoms with Crippen LogP contribution in [0.2, 0.25) is 0 Å². The van der Waals surface area contributed by atoms with Gasteiger partial charge in [0.15, 0.2) is 23.4 Å². The van der Waals surface area contributed by atoms with Crippen molar-refractivity contribution in [2.45, 2.75) is 36.8 Å². The third-order valence-electron chi connectivity index (χ3n) is 6.97. The van der Waals surface area contributed by atoms with Crippen molar-refractivity contribution in [3.63, 3.8) is 0 Å². The molecule has 1 aromatic carbocycles. The second-order valence-corrected chi connectivity index (χ2v) is 7.77. The maximum Gasteiger partial charge on any atom is 0.174 e. The van der Waals surface area contributed by atoms with Crippen LogP contribution in [0.5, 0.6) is 11.5 Å². The van der Waals surface area contributed by atoms with Crippen LogP contribution in [0, 0.1) is 11.8 Å². The van der Waals surface area contributed by atoms with Gasteiger partial charge in [-0.25, -0.2) is 0 Å². The van der Waals surface area contributed by atoms with Crippen molar-refractivity contribution in [1.82, 2.24) is 4.90 Å². The van der Waals surface area contributed by atoms with Crippen molar-refractivity contribution in [3.8, 4) is 11.5 Å². The first-order chi connectivity index (χ1) is 11.6. The van der Waals surface area contributed by atoms with Gasteiger partial charge in [-0.1, -0.05) is 12.1 Å². The van der Waals surface area contributed by atoms with E-state index < -0.39 is 0 Å². The van der Waals surface area contributed by atoms with E-state index in [1.165, 1.54) is 11.1 Å². The van der Waals surface area contributed by atoms with Gasteiger partial charge in [0, 0.05) is 23.4 Å². The molecule has 24 heavy (non-hydrogen) atoms. The zero-order valence-corrected chi connectivity index (χ0v) is 14.2. The Balaban J connectivity index is 1.82. The Morgan fingerprint density at radius 2 is 2.25 bits per heavy atom. The average Bonchev–Trinajstić information content (AvgIpc) is 2.94. The Labute approximate surface area is 142 Å². The van der Waals surface area contributed by atoms with E-state index in [1.54, 1.807) is 7.11 Å². The van der Waals surface area contributed by atoms with E-state index >= 15 is 0 Å². The molecule has 0 aromatic heterocycles. The summed E-state index contributed by atoms with van der Waals surface area (Å²) in [5.74, 6) is 2.45. The van der Waals surface area contributed by atoms with Crippen LogP contribution < -0.4 is 9.47 Å². The van der Waals surface area contributed by atoms with Gasteiger partial charge >= 0.3 is 0 Å². The first-order valence-electron chi connectivity index (χ1n) is 8.84. The summed E-state index contributed by atoms with van der Waals surface area (Å²) < 4.78 is 11.9. The summed E-state index contributed by atoms with van der Waals surface area (Å²) in [6, 6.07) is 4.62. The Morgan fingerprint density at radius 3 is 3.00 bits per heavy atom. The number of nitrogens with zero attached hydrogens (tertiary/aromatic N) is 1. The van der Waals surface area contributed by atoms with Gasteiger partial charge in [0.25, 0.3) is 0 Å². The highest BCUT2D eigenvalue weighted by Gasteiger charge is 2.67. The molecule has 4 nitrogen and oxygen atoms in total. The zero-order valence-electron chi connectivity index (χ0n) is 14.2. The molecule has 2 fully saturated rings. The lowest BCUT2D eigenvalue weighted by Gasteiger charge is -2.59. The molecule has 2 aliphatic carbocycles. The molecule has 1 saturated carbocycles. The summed E-state index contributed by atoms with van der Waals surface area (Å²) >= 11 is 0. The molecule has 2 bridgehead atoms. The number of ketones is 1. The fourth-order valence-corrected chi connectivity index (χ4v) is 6.05. The number of hydrogen-bond donors (Lipinski definition) is 0. The molecule has 0 N–H and O–H groups in total. The number of hydrogen-bond acceptors (Lipinski definition) is 4. The minimum atomic E-state index is -0.347. The van der Waals surface area contributed by atoms with Crippen LogP contribution >= 0.6 is 0 Å². The van der Waals surface area contributed by atoms with Crippen LogP contribution in [0.4, 0.5) is 0 Å². The minimum Gasteiger partial charge on any atom is -0.493 e. The molecule has 1 saturated heterocycles. The second kappa shape index (κ2) is 4.63. The predicted molar refractivity (Wildman–Crippen MR) is 90.6 cm³/mol. The molecular formula is C20H23NO3. The van der Waals surface area contributed by atoms with E-state index in [1.807, 2.05) is 12.1 Å². The topological polar surface area (TPSA) is 38.8 Å². The average molecular weight is 325 g/mol. The SMILES string of the molecule is C=C[C@H]1CC(=O)[C@@H]2Oc3c(OC)ccc4c3C23CCN(C)C(C4)C13. The Morgan fingerprint density at radius 1 is 1.42 bits per heavy atom. The van der Waals surface area contributed by atoms with Gasteiger partial charge < -0.3 is 14.4 Å². The van der Waals surface area contributed by atoms with E-state index in [9.17, 15) is 4.79 Å². The van der Waals surface area contributed by atoms with Crippen LogP contribution in [-0.4, -0.2) is 43.5 Å². The number of methoxy groups -OCH3 is 1. The number of benzene rings is 1. The van der Waals surface area contributed by atoms with Crippen LogP contribution in [0.25, 0.3) is 0 Å². The first kappa shape index (κ1) is 14.5. The normalized spacial score (nSPS) is 39.2. The van der Waals surface area contributed by atoms with Crippen molar-refractivity contribution in [1.29, 1.82) is 0 Å². The van der Waals surface area contributed by atoms with Gasteiger partial charge in [-0.15, -0.1) is 6.58 Å². The predicted octanol–water partition coefficient (Wildman–Crippen LogP) is 2.35. The van der Waals surface area contributed by atoms with Gasteiger partial charge in [0.05, 0.1) is 7.11 Å². The molecule has 0 amide bonds. The molecule has 2 aliphatic heterocycles. The molecule has 4 aliphatic rings. The maximum absolute atomic E-state index is 12.9. The summed E-state index contributed by atoms with van der Waals surface area (Å²) in [5, 5.41) is 0. The Hall–Kier alpha value is -1.81. The monoisotopic (exact) mass is 325 g/mol. The number of likely N-dealkylation sites (tertiary alicyclic amines) is 1. The third-order valence-corrected chi connectivity index (χ3v) is 6.97. The number of likely N-dealkylation sites (N-methyl/N-ethyl adjacent to an activating group) is 1. The zero-order chi connectivity index (χ0) is 16.6. The number of carbonyl (C=O) groups excluding carboxylic acids is 1. The molecular weight excluding hydrogens is 302 g/mol. The van der Waals surface area contributed by atoms with Gasteiger partial charge in [-0.3, -0.25) is 4.79 Å². The van der Waals surface area contributed by atoms with E-state index in [0.717, 1.165) is 30.9 Å².